The topological polar surface area (TPSA) is 37.4 Å². The number of rotatable bonds is 1. The minimum atomic E-state index is -4.52. The molecule has 1 heterocycles. The van der Waals surface area contributed by atoms with Gasteiger partial charge in [-0.3, -0.25) is 9.59 Å². The van der Waals surface area contributed by atoms with Crippen LogP contribution >= 0.6 is 0 Å². The fraction of sp³-hybridized carbons (Fsp3) is 0.231. The molecule has 1 aromatic rings. The van der Waals surface area contributed by atoms with Crippen LogP contribution in [0.25, 0.3) is 0 Å². The molecule has 0 aliphatic carbocycles. The summed E-state index contributed by atoms with van der Waals surface area (Å²) in [5.41, 5.74) is -0.671. The van der Waals surface area contributed by atoms with E-state index in [1.807, 2.05) is 0 Å². The molecule has 0 bridgehead atoms. The van der Waals surface area contributed by atoms with Crippen molar-refractivity contribution in [3.8, 4) is 0 Å². The molecule has 0 spiro atoms. The Balaban J connectivity index is 2.49. The molecule has 19 heavy (non-hydrogen) atoms. The van der Waals surface area contributed by atoms with Gasteiger partial charge < -0.3 is 0 Å². The summed E-state index contributed by atoms with van der Waals surface area (Å²) in [7, 11) is 0. The Morgan fingerprint density at radius 1 is 1.11 bits per heavy atom. The Labute approximate surface area is 107 Å². The molecular weight excluding hydrogens is 259 g/mol. The first kappa shape index (κ1) is 13.3. The zero-order valence-corrected chi connectivity index (χ0v) is 10.2. The molecule has 0 radical (unpaired) electrons. The number of hydrogen-bond donors (Lipinski definition) is 0. The number of carbonyl (C=O) groups excluding carboxylic acids is 2. The predicted octanol–water partition coefficient (Wildman–Crippen LogP) is 2.83. The van der Waals surface area contributed by atoms with Gasteiger partial charge in [0.15, 0.2) is 0 Å². The Hall–Kier alpha value is -2.11. The van der Waals surface area contributed by atoms with E-state index in [0.717, 1.165) is 17.0 Å². The van der Waals surface area contributed by atoms with Crippen molar-refractivity contribution in [2.45, 2.75) is 20.0 Å². The average Bonchev–Trinajstić information content (AvgIpc) is 2.53. The average molecular weight is 269 g/mol. The molecule has 3 nitrogen and oxygen atoms in total. The molecule has 2 amide bonds. The van der Waals surface area contributed by atoms with E-state index in [4.69, 9.17) is 0 Å². The van der Waals surface area contributed by atoms with E-state index in [9.17, 15) is 22.8 Å². The van der Waals surface area contributed by atoms with Gasteiger partial charge in [0.1, 0.15) is 0 Å². The van der Waals surface area contributed by atoms with Crippen molar-refractivity contribution in [3.05, 3.63) is 41.0 Å². The first-order valence-corrected chi connectivity index (χ1v) is 5.46. The van der Waals surface area contributed by atoms with E-state index in [2.05, 4.69) is 0 Å². The first-order chi connectivity index (χ1) is 8.71. The summed E-state index contributed by atoms with van der Waals surface area (Å²) in [6.45, 7) is 2.77. The molecule has 0 saturated carbocycles. The van der Waals surface area contributed by atoms with Crippen molar-refractivity contribution in [2.24, 2.45) is 0 Å². The number of benzene rings is 1. The van der Waals surface area contributed by atoms with Crippen molar-refractivity contribution in [1.82, 2.24) is 0 Å². The summed E-state index contributed by atoms with van der Waals surface area (Å²) in [4.78, 5) is 24.0. The molecule has 100 valence electrons. The summed E-state index contributed by atoms with van der Waals surface area (Å²) in [5, 5.41) is 0. The lowest BCUT2D eigenvalue weighted by Gasteiger charge is -2.18. The molecule has 0 aromatic heterocycles. The maximum atomic E-state index is 12.8. The van der Waals surface area contributed by atoms with Crippen LogP contribution < -0.4 is 4.90 Å². The molecular formula is C13H10F3NO2. The highest BCUT2D eigenvalue weighted by molar-refractivity contribution is 6.30. The number of hydrogen-bond acceptors (Lipinski definition) is 2. The summed E-state index contributed by atoms with van der Waals surface area (Å²) >= 11 is 0. The molecule has 0 atom stereocenters. The highest BCUT2D eigenvalue weighted by Crippen LogP contribution is 2.35. The summed E-state index contributed by atoms with van der Waals surface area (Å²) in [6.07, 6.45) is -3.41. The second-order valence-electron chi connectivity index (χ2n) is 4.30. The fourth-order valence-electron chi connectivity index (χ4n) is 1.89. The Kier molecular flexibility index (Phi) is 2.96. The third kappa shape index (κ3) is 2.25. The number of halogens is 3. The van der Waals surface area contributed by atoms with Crippen LogP contribution in [0.5, 0.6) is 0 Å². The van der Waals surface area contributed by atoms with Crippen LogP contribution in [-0.4, -0.2) is 11.8 Å². The van der Waals surface area contributed by atoms with E-state index < -0.39 is 23.6 Å². The van der Waals surface area contributed by atoms with Crippen LogP contribution in [0.4, 0.5) is 18.9 Å². The number of carbonyl (C=O) groups is 2. The number of amides is 2. The first-order valence-electron chi connectivity index (χ1n) is 5.46. The molecule has 6 heteroatoms. The van der Waals surface area contributed by atoms with Crippen LogP contribution in [-0.2, 0) is 15.8 Å². The monoisotopic (exact) mass is 269 g/mol. The Bertz CT molecular complexity index is 602. The van der Waals surface area contributed by atoms with Gasteiger partial charge in [-0.25, -0.2) is 4.90 Å². The Morgan fingerprint density at radius 2 is 1.74 bits per heavy atom. The van der Waals surface area contributed by atoms with E-state index >= 15 is 0 Å². The van der Waals surface area contributed by atoms with Gasteiger partial charge in [-0.15, -0.1) is 0 Å². The maximum absolute atomic E-state index is 12.8. The number of imide groups is 1. The van der Waals surface area contributed by atoms with Gasteiger partial charge in [0, 0.05) is 11.6 Å². The lowest BCUT2D eigenvalue weighted by Crippen LogP contribution is -2.30. The second-order valence-corrected chi connectivity index (χ2v) is 4.30. The normalized spacial score (nSPS) is 16.1. The minimum absolute atomic E-state index is 0.0417. The molecule has 0 saturated heterocycles. The zero-order chi connectivity index (χ0) is 14.4. The van der Waals surface area contributed by atoms with Crippen LogP contribution in [0.15, 0.2) is 29.8 Å². The van der Waals surface area contributed by atoms with E-state index in [1.54, 1.807) is 0 Å². The van der Waals surface area contributed by atoms with Crippen molar-refractivity contribution >= 4 is 17.5 Å². The predicted molar refractivity (Wildman–Crippen MR) is 62.4 cm³/mol. The van der Waals surface area contributed by atoms with Gasteiger partial charge in [-0.05, 0) is 31.5 Å². The number of anilines is 1. The number of nitrogens with zero attached hydrogens (tertiary/aromatic N) is 1. The van der Waals surface area contributed by atoms with E-state index in [0.29, 0.717) is 0 Å². The minimum Gasteiger partial charge on any atom is -0.269 e. The molecule has 2 rings (SSSR count). The summed E-state index contributed by atoms with van der Waals surface area (Å²) in [5.74, 6) is -1.22. The highest BCUT2D eigenvalue weighted by Gasteiger charge is 2.35. The molecule has 0 fully saturated rings. The van der Waals surface area contributed by atoms with Gasteiger partial charge in [0.2, 0.25) is 0 Å². The van der Waals surface area contributed by atoms with Crippen molar-refractivity contribution < 1.29 is 22.8 Å². The van der Waals surface area contributed by atoms with Gasteiger partial charge in [0.05, 0.1) is 11.3 Å². The Morgan fingerprint density at radius 3 is 2.21 bits per heavy atom. The lowest BCUT2D eigenvalue weighted by atomic mass is 10.1. The van der Waals surface area contributed by atoms with Gasteiger partial charge in [0.25, 0.3) is 11.8 Å². The van der Waals surface area contributed by atoms with Crippen LogP contribution in [0.2, 0.25) is 0 Å². The lowest BCUT2D eigenvalue weighted by molar-refractivity contribution is -0.138. The largest absolute Gasteiger partial charge is 0.416 e. The fourth-order valence-corrected chi connectivity index (χ4v) is 1.89. The quantitative estimate of drug-likeness (QED) is 0.735. The standard InChI is InChI=1S/C13H10F3NO2/c1-7-3-4-9(6-10(7)13(14,15)16)17-11(18)5-8(2)12(17)19/h3-6H,1-2H3. The van der Waals surface area contributed by atoms with Gasteiger partial charge in [-0.2, -0.15) is 13.2 Å². The summed E-state index contributed by atoms with van der Waals surface area (Å²) in [6, 6.07) is 3.39. The maximum Gasteiger partial charge on any atom is 0.416 e. The van der Waals surface area contributed by atoms with Crippen molar-refractivity contribution in [3.63, 3.8) is 0 Å². The molecule has 0 unspecified atom stereocenters. The van der Waals surface area contributed by atoms with Crippen molar-refractivity contribution in [2.75, 3.05) is 4.90 Å². The highest BCUT2D eigenvalue weighted by atomic mass is 19.4. The summed E-state index contributed by atoms with van der Waals surface area (Å²) < 4.78 is 38.4. The van der Waals surface area contributed by atoms with Gasteiger partial charge >= 0.3 is 6.18 Å². The third-order valence-electron chi connectivity index (χ3n) is 2.89. The molecule has 1 aliphatic heterocycles. The number of alkyl halides is 3. The van der Waals surface area contributed by atoms with Crippen LogP contribution in [0, 0.1) is 6.92 Å². The smallest absolute Gasteiger partial charge is 0.269 e. The molecule has 1 aliphatic rings. The van der Waals surface area contributed by atoms with E-state index in [-0.39, 0.29) is 16.8 Å². The zero-order valence-electron chi connectivity index (χ0n) is 10.2. The second kappa shape index (κ2) is 4.22. The molecule has 0 N–H and O–H groups in total. The van der Waals surface area contributed by atoms with Crippen molar-refractivity contribution in [1.29, 1.82) is 0 Å². The SMILES string of the molecule is CC1=CC(=O)N(c2ccc(C)c(C(F)(F)F)c2)C1=O. The van der Waals surface area contributed by atoms with Crippen LogP contribution in [0.1, 0.15) is 18.1 Å². The van der Waals surface area contributed by atoms with E-state index in [1.165, 1.54) is 26.0 Å². The van der Waals surface area contributed by atoms with Gasteiger partial charge in [-0.1, -0.05) is 6.07 Å². The van der Waals surface area contributed by atoms with Crippen LogP contribution in [0.3, 0.4) is 0 Å². The number of aryl methyl sites for hydroxylation is 1. The molecule has 1 aromatic carbocycles. The third-order valence-corrected chi connectivity index (χ3v) is 2.89.